The highest BCUT2D eigenvalue weighted by Crippen LogP contribution is 2.32. The van der Waals surface area contributed by atoms with Crippen LogP contribution in [-0.2, 0) is 6.18 Å². The van der Waals surface area contributed by atoms with Crippen molar-refractivity contribution in [2.75, 3.05) is 0 Å². The molecule has 1 atom stereocenters. The zero-order chi connectivity index (χ0) is 14.9. The molecule has 1 N–H and O–H groups in total. The first-order valence-electron chi connectivity index (χ1n) is 5.75. The average Bonchev–Trinajstić information content (AvgIpc) is 2.36. The SMILES string of the molecule is Cc1cc(C(F)(F)F)ccc1C(O)c1cncc(F)c1. The number of pyridine rings is 1. The predicted octanol–water partition coefficient (Wildman–Crippen LogP) is 3.63. The summed E-state index contributed by atoms with van der Waals surface area (Å²) in [5.41, 5.74) is -0.0434. The highest BCUT2D eigenvalue weighted by Gasteiger charge is 2.31. The predicted molar refractivity (Wildman–Crippen MR) is 64.4 cm³/mol. The zero-order valence-corrected chi connectivity index (χ0v) is 10.4. The van der Waals surface area contributed by atoms with Crippen LogP contribution in [0.25, 0.3) is 0 Å². The van der Waals surface area contributed by atoms with Crippen LogP contribution in [0, 0.1) is 12.7 Å². The molecule has 1 aromatic carbocycles. The number of aliphatic hydroxyl groups is 1. The number of alkyl halides is 3. The van der Waals surface area contributed by atoms with Gasteiger partial charge in [-0.25, -0.2) is 4.39 Å². The summed E-state index contributed by atoms with van der Waals surface area (Å²) in [5, 5.41) is 10.1. The number of benzene rings is 1. The number of hydrogen-bond acceptors (Lipinski definition) is 2. The minimum Gasteiger partial charge on any atom is -0.384 e. The van der Waals surface area contributed by atoms with Crippen molar-refractivity contribution in [2.45, 2.75) is 19.2 Å². The molecule has 0 aliphatic rings. The van der Waals surface area contributed by atoms with Crippen LogP contribution in [0.3, 0.4) is 0 Å². The van der Waals surface area contributed by atoms with Gasteiger partial charge in [0.15, 0.2) is 0 Å². The van der Waals surface area contributed by atoms with Gasteiger partial charge < -0.3 is 5.11 Å². The van der Waals surface area contributed by atoms with Crippen LogP contribution in [0.1, 0.15) is 28.4 Å². The topological polar surface area (TPSA) is 33.1 Å². The van der Waals surface area contributed by atoms with E-state index in [0.717, 1.165) is 24.4 Å². The summed E-state index contributed by atoms with van der Waals surface area (Å²) in [6.45, 7) is 1.46. The van der Waals surface area contributed by atoms with E-state index < -0.39 is 23.7 Å². The second-order valence-electron chi connectivity index (χ2n) is 4.41. The lowest BCUT2D eigenvalue weighted by atomic mass is 9.96. The standard InChI is InChI=1S/C14H11F4NO/c1-8-4-10(14(16,17)18)2-3-12(8)13(20)9-5-11(15)7-19-6-9/h2-7,13,20H,1H3. The van der Waals surface area contributed by atoms with Crippen molar-refractivity contribution in [2.24, 2.45) is 0 Å². The van der Waals surface area contributed by atoms with Crippen LogP contribution < -0.4 is 0 Å². The number of aliphatic hydroxyl groups excluding tert-OH is 1. The summed E-state index contributed by atoms with van der Waals surface area (Å²) in [5.74, 6) is -0.619. The molecule has 0 saturated heterocycles. The first-order valence-corrected chi connectivity index (χ1v) is 5.75. The minimum absolute atomic E-state index is 0.188. The number of hydrogen-bond donors (Lipinski definition) is 1. The van der Waals surface area contributed by atoms with Gasteiger partial charge in [0.1, 0.15) is 11.9 Å². The van der Waals surface area contributed by atoms with Crippen molar-refractivity contribution >= 4 is 0 Å². The fraction of sp³-hybridized carbons (Fsp3) is 0.214. The first-order chi connectivity index (χ1) is 9.29. The molecule has 2 nitrogen and oxygen atoms in total. The third kappa shape index (κ3) is 2.96. The molecule has 20 heavy (non-hydrogen) atoms. The Kier molecular flexibility index (Phi) is 3.76. The van der Waals surface area contributed by atoms with Crippen molar-refractivity contribution in [3.05, 3.63) is 64.7 Å². The van der Waals surface area contributed by atoms with E-state index in [9.17, 15) is 22.7 Å². The Morgan fingerprint density at radius 2 is 1.85 bits per heavy atom. The van der Waals surface area contributed by atoms with Crippen LogP contribution in [-0.4, -0.2) is 10.1 Å². The Labute approximate surface area is 112 Å². The largest absolute Gasteiger partial charge is 0.416 e. The second kappa shape index (κ2) is 5.20. The van der Waals surface area contributed by atoms with Gasteiger partial charge in [-0.3, -0.25) is 4.98 Å². The molecule has 6 heteroatoms. The van der Waals surface area contributed by atoms with Crippen molar-refractivity contribution in [3.8, 4) is 0 Å². The number of aryl methyl sites for hydroxylation is 1. The Balaban J connectivity index is 2.38. The summed E-state index contributed by atoms with van der Waals surface area (Å²) >= 11 is 0. The third-order valence-corrected chi connectivity index (χ3v) is 2.93. The summed E-state index contributed by atoms with van der Waals surface area (Å²) in [4.78, 5) is 3.60. The monoisotopic (exact) mass is 285 g/mol. The van der Waals surface area contributed by atoms with E-state index in [1.54, 1.807) is 0 Å². The normalized spacial score (nSPS) is 13.3. The van der Waals surface area contributed by atoms with Gasteiger partial charge in [0.2, 0.25) is 0 Å². The van der Waals surface area contributed by atoms with Crippen LogP contribution in [0.4, 0.5) is 17.6 Å². The summed E-state index contributed by atoms with van der Waals surface area (Å²) in [7, 11) is 0. The van der Waals surface area contributed by atoms with Gasteiger partial charge in [-0.15, -0.1) is 0 Å². The van der Waals surface area contributed by atoms with Gasteiger partial charge in [-0.05, 0) is 36.2 Å². The Bertz CT molecular complexity index is 625. The maximum Gasteiger partial charge on any atom is 0.416 e. The molecule has 0 spiro atoms. The van der Waals surface area contributed by atoms with E-state index in [2.05, 4.69) is 4.98 Å². The molecule has 1 aromatic heterocycles. The molecule has 0 saturated carbocycles. The van der Waals surface area contributed by atoms with Crippen molar-refractivity contribution in [1.82, 2.24) is 4.98 Å². The smallest absolute Gasteiger partial charge is 0.384 e. The average molecular weight is 285 g/mol. The number of aromatic nitrogens is 1. The molecular formula is C14H11F4NO. The molecule has 0 aliphatic carbocycles. The van der Waals surface area contributed by atoms with Crippen molar-refractivity contribution in [1.29, 1.82) is 0 Å². The maximum atomic E-state index is 13.0. The molecule has 0 fully saturated rings. The lowest BCUT2D eigenvalue weighted by Crippen LogP contribution is -2.08. The summed E-state index contributed by atoms with van der Waals surface area (Å²) in [6.07, 6.45) is -3.41. The van der Waals surface area contributed by atoms with Crippen molar-refractivity contribution in [3.63, 3.8) is 0 Å². The van der Waals surface area contributed by atoms with E-state index >= 15 is 0 Å². The lowest BCUT2D eigenvalue weighted by Gasteiger charge is -2.16. The fourth-order valence-corrected chi connectivity index (χ4v) is 1.92. The molecule has 0 bridgehead atoms. The van der Waals surface area contributed by atoms with E-state index in [0.29, 0.717) is 0 Å². The second-order valence-corrected chi connectivity index (χ2v) is 4.41. The molecule has 1 heterocycles. The molecule has 1 unspecified atom stereocenters. The van der Waals surface area contributed by atoms with Crippen LogP contribution >= 0.6 is 0 Å². The molecule has 0 amide bonds. The first kappa shape index (κ1) is 14.5. The van der Waals surface area contributed by atoms with Gasteiger partial charge in [0.05, 0.1) is 11.8 Å². The van der Waals surface area contributed by atoms with Crippen LogP contribution in [0.2, 0.25) is 0 Å². The maximum absolute atomic E-state index is 13.0. The Hall–Kier alpha value is -1.95. The number of rotatable bonds is 2. The van der Waals surface area contributed by atoms with E-state index in [1.807, 2.05) is 0 Å². The van der Waals surface area contributed by atoms with Gasteiger partial charge in [0.25, 0.3) is 0 Å². The van der Waals surface area contributed by atoms with Crippen LogP contribution in [0.5, 0.6) is 0 Å². The summed E-state index contributed by atoms with van der Waals surface area (Å²) < 4.78 is 50.7. The van der Waals surface area contributed by atoms with Crippen LogP contribution in [0.15, 0.2) is 36.7 Å². The summed E-state index contributed by atoms with van der Waals surface area (Å²) in [6, 6.07) is 4.12. The zero-order valence-electron chi connectivity index (χ0n) is 10.4. The highest BCUT2D eigenvalue weighted by atomic mass is 19.4. The molecular weight excluding hydrogens is 274 g/mol. The quantitative estimate of drug-likeness (QED) is 0.855. The Morgan fingerprint density at radius 3 is 2.40 bits per heavy atom. The van der Waals surface area contributed by atoms with Gasteiger partial charge in [-0.1, -0.05) is 6.07 Å². The van der Waals surface area contributed by atoms with E-state index in [-0.39, 0.29) is 16.7 Å². The van der Waals surface area contributed by atoms with E-state index in [1.165, 1.54) is 19.2 Å². The number of nitrogens with zero attached hydrogens (tertiary/aromatic N) is 1. The molecule has 2 rings (SSSR count). The van der Waals surface area contributed by atoms with Crippen molar-refractivity contribution < 1.29 is 22.7 Å². The number of halogens is 4. The molecule has 106 valence electrons. The van der Waals surface area contributed by atoms with Gasteiger partial charge in [0, 0.05) is 11.8 Å². The highest BCUT2D eigenvalue weighted by molar-refractivity contribution is 5.38. The van der Waals surface area contributed by atoms with Gasteiger partial charge >= 0.3 is 6.18 Å². The fourth-order valence-electron chi connectivity index (χ4n) is 1.92. The molecule has 2 aromatic rings. The Morgan fingerprint density at radius 1 is 1.15 bits per heavy atom. The van der Waals surface area contributed by atoms with E-state index in [4.69, 9.17) is 0 Å². The molecule has 0 aliphatic heterocycles. The third-order valence-electron chi connectivity index (χ3n) is 2.93. The molecule has 0 radical (unpaired) electrons. The minimum atomic E-state index is -4.44. The lowest BCUT2D eigenvalue weighted by molar-refractivity contribution is -0.137. The van der Waals surface area contributed by atoms with Gasteiger partial charge in [-0.2, -0.15) is 13.2 Å².